The SMILES string of the molecule is CCN(Cc1ccc(C(=O)NCCCc2ccc(N(C)C)cc2)cc1)C(C)C. The Hall–Kier alpha value is -2.33. The van der Waals surface area contributed by atoms with E-state index in [1.54, 1.807) is 0 Å². The molecule has 28 heavy (non-hydrogen) atoms. The molecule has 4 nitrogen and oxygen atoms in total. The molecule has 0 fully saturated rings. The topological polar surface area (TPSA) is 35.6 Å². The van der Waals surface area contributed by atoms with Crippen LogP contribution in [-0.2, 0) is 13.0 Å². The molecular weight excluding hydrogens is 346 g/mol. The van der Waals surface area contributed by atoms with E-state index in [2.05, 4.69) is 72.3 Å². The van der Waals surface area contributed by atoms with E-state index >= 15 is 0 Å². The predicted octanol–water partition coefficient (Wildman–Crippen LogP) is 4.35. The third-order valence-corrected chi connectivity index (χ3v) is 5.12. The van der Waals surface area contributed by atoms with Crippen molar-refractivity contribution in [2.75, 3.05) is 32.1 Å². The van der Waals surface area contributed by atoms with Crippen molar-refractivity contribution >= 4 is 11.6 Å². The lowest BCUT2D eigenvalue weighted by Crippen LogP contribution is -2.30. The zero-order valence-electron chi connectivity index (χ0n) is 18.0. The number of carbonyl (C=O) groups is 1. The molecule has 0 aliphatic rings. The number of amides is 1. The van der Waals surface area contributed by atoms with E-state index in [0.29, 0.717) is 12.6 Å². The van der Waals surface area contributed by atoms with Crippen molar-refractivity contribution in [2.45, 2.75) is 46.2 Å². The Morgan fingerprint density at radius 3 is 2.11 bits per heavy atom. The van der Waals surface area contributed by atoms with E-state index in [9.17, 15) is 4.79 Å². The number of aryl methyl sites for hydroxylation is 1. The van der Waals surface area contributed by atoms with E-state index in [1.165, 1.54) is 16.8 Å². The number of hydrogen-bond acceptors (Lipinski definition) is 3. The van der Waals surface area contributed by atoms with Crippen LogP contribution in [0.1, 0.15) is 48.7 Å². The molecule has 4 heteroatoms. The van der Waals surface area contributed by atoms with Gasteiger partial charge in [0.1, 0.15) is 0 Å². The molecule has 0 radical (unpaired) electrons. The fraction of sp³-hybridized carbons (Fsp3) is 0.458. The van der Waals surface area contributed by atoms with Crippen LogP contribution in [0.3, 0.4) is 0 Å². The highest BCUT2D eigenvalue weighted by Crippen LogP contribution is 2.13. The summed E-state index contributed by atoms with van der Waals surface area (Å²) in [4.78, 5) is 16.8. The largest absolute Gasteiger partial charge is 0.378 e. The average molecular weight is 382 g/mol. The quantitative estimate of drug-likeness (QED) is 0.622. The zero-order chi connectivity index (χ0) is 20.5. The summed E-state index contributed by atoms with van der Waals surface area (Å²) in [6, 6.07) is 17.1. The second-order valence-electron chi connectivity index (χ2n) is 7.77. The standard InChI is InChI=1S/C24H35N3O/c1-6-27(19(2)3)18-21-9-13-22(14-10-21)24(28)25-17-7-8-20-11-15-23(16-12-20)26(4)5/h9-16,19H,6-8,17-18H2,1-5H3,(H,25,28). The molecule has 0 heterocycles. The first-order valence-corrected chi connectivity index (χ1v) is 10.3. The smallest absolute Gasteiger partial charge is 0.251 e. The lowest BCUT2D eigenvalue weighted by molar-refractivity contribution is 0.0953. The molecule has 0 aromatic heterocycles. The highest BCUT2D eigenvalue weighted by Gasteiger charge is 2.09. The predicted molar refractivity (Wildman–Crippen MR) is 119 cm³/mol. The highest BCUT2D eigenvalue weighted by atomic mass is 16.1. The number of nitrogens with zero attached hydrogens (tertiary/aromatic N) is 2. The van der Waals surface area contributed by atoms with Crippen LogP contribution in [-0.4, -0.2) is 44.0 Å². The van der Waals surface area contributed by atoms with Crippen LogP contribution in [0.4, 0.5) is 5.69 Å². The molecule has 0 saturated heterocycles. The van der Waals surface area contributed by atoms with Crippen molar-refractivity contribution in [1.82, 2.24) is 10.2 Å². The van der Waals surface area contributed by atoms with Gasteiger partial charge in [0.25, 0.3) is 5.91 Å². The molecule has 1 amide bonds. The molecule has 0 saturated carbocycles. The molecule has 0 unspecified atom stereocenters. The summed E-state index contributed by atoms with van der Waals surface area (Å²) in [6.07, 6.45) is 1.90. The lowest BCUT2D eigenvalue weighted by Gasteiger charge is -2.24. The summed E-state index contributed by atoms with van der Waals surface area (Å²) in [5.41, 5.74) is 4.48. The maximum atomic E-state index is 12.3. The molecule has 0 bridgehead atoms. The van der Waals surface area contributed by atoms with Gasteiger partial charge >= 0.3 is 0 Å². The Morgan fingerprint density at radius 1 is 0.964 bits per heavy atom. The third kappa shape index (κ3) is 6.68. The number of benzene rings is 2. The fourth-order valence-electron chi connectivity index (χ4n) is 3.21. The molecule has 2 aromatic carbocycles. The number of hydrogen-bond donors (Lipinski definition) is 1. The van der Waals surface area contributed by atoms with Gasteiger partial charge in [0, 0.05) is 44.5 Å². The minimum Gasteiger partial charge on any atom is -0.378 e. The number of rotatable bonds is 10. The molecule has 2 rings (SSSR count). The second kappa shape index (κ2) is 10.9. The van der Waals surface area contributed by atoms with Gasteiger partial charge in [-0.05, 0) is 68.6 Å². The second-order valence-corrected chi connectivity index (χ2v) is 7.77. The van der Waals surface area contributed by atoms with Gasteiger partial charge in [-0.2, -0.15) is 0 Å². The van der Waals surface area contributed by atoms with Gasteiger partial charge in [0.15, 0.2) is 0 Å². The fourth-order valence-corrected chi connectivity index (χ4v) is 3.21. The van der Waals surface area contributed by atoms with Gasteiger partial charge < -0.3 is 10.2 Å². The van der Waals surface area contributed by atoms with Crippen LogP contribution in [0.15, 0.2) is 48.5 Å². The maximum Gasteiger partial charge on any atom is 0.251 e. The summed E-state index contributed by atoms with van der Waals surface area (Å²) in [5, 5.41) is 3.03. The molecule has 0 atom stereocenters. The molecule has 0 aliphatic heterocycles. The highest BCUT2D eigenvalue weighted by molar-refractivity contribution is 5.94. The summed E-state index contributed by atoms with van der Waals surface area (Å²) in [7, 11) is 4.09. The molecule has 0 spiro atoms. The Labute approximate surface area is 170 Å². The summed E-state index contributed by atoms with van der Waals surface area (Å²) >= 11 is 0. The van der Waals surface area contributed by atoms with Crippen LogP contribution in [0.25, 0.3) is 0 Å². The monoisotopic (exact) mass is 381 g/mol. The van der Waals surface area contributed by atoms with Gasteiger partial charge in [0.05, 0.1) is 0 Å². The van der Waals surface area contributed by atoms with Crippen LogP contribution < -0.4 is 10.2 Å². The maximum absolute atomic E-state index is 12.3. The zero-order valence-corrected chi connectivity index (χ0v) is 18.0. The van der Waals surface area contributed by atoms with E-state index in [0.717, 1.165) is 31.5 Å². The summed E-state index contributed by atoms with van der Waals surface area (Å²) in [5.74, 6) is 0.00529. The van der Waals surface area contributed by atoms with Crippen LogP contribution in [0, 0.1) is 0 Å². The lowest BCUT2D eigenvalue weighted by atomic mass is 10.1. The van der Waals surface area contributed by atoms with E-state index in [1.807, 2.05) is 26.2 Å². The van der Waals surface area contributed by atoms with Gasteiger partial charge in [-0.25, -0.2) is 0 Å². The van der Waals surface area contributed by atoms with Crippen molar-refractivity contribution in [3.63, 3.8) is 0 Å². The van der Waals surface area contributed by atoms with Crippen molar-refractivity contribution in [1.29, 1.82) is 0 Å². The van der Waals surface area contributed by atoms with E-state index in [4.69, 9.17) is 0 Å². The Morgan fingerprint density at radius 2 is 1.57 bits per heavy atom. The minimum atomic E-state index is 0.00529. The Balaban J connectivity index is 1.76. The molecular formula is C24H35N3O. The van der Waals surface area contributed by atoms with E-state index in [-0.39, 0.29) is 5.91 Å². The normalized spacial score (nSPS) is 11.1. The number of carbonyl (C=O) groups excluding carboxylic acids is 1. The number of nitrogens with one attached hydrogen (secondary N) is 1. The summed E-state index contributed by atoms with van der Waals surface area (Å²) in [6.45, 7) is 9.23. The van der Waals surface area contributed by atoms with Crippen LogP contribution >= 0.6 is 0 Å². The molecule has 0 aliphatic carbocycles. The molecule has 2 aromatic rings. The van der Waals surface area contributed by atoms with Gasteiger partial charge in [-0.3, -0.25) is 9.69 Å². The van der Waals surface area contributed by atoms with Gasteiger partial charge in [-0.15, -0.1) is 0 Å². The van der Waals surface area contributed by atoms with Gasteiger partial charge in [0.2, 0.25) is 0 Å². The average Bonchev–Trinajstić information content (AvgIpc) is 2.69. The van der Waals surface area contributed by atoms with Crippen molar-refractivity contribution in [2.24, 2.45) is 0 Å². The first-order chi connectivity index (χ1) is 13.4. The van der Waals surface area contributed by atoms with Gasteiger partial charge in [-0.1, -0.05) is 31.2 Å². The molecule has 152 valence electrons. The third-order valence-electron chi connectivity index (χ3n) is 5.12. The Bertz CT molecular complexity index is 721. The van der Waals surface area contributed by atoms with Crippen molar-refractivity contribution in [3.05, 3.63) is 65.2 Å². The van der Waals surface area contributed by atoms with Crippen molar-refractivity contribution in [3.8, 4) is 0 Å². The van der Waals surface area contributed by atoms with E-state index < -0.39 is 0 Å². The number of anilines is 1. The minimum absolute atomic E-state index is 0.00529. The first-order valence-electron chi connectivity index (χ1n) is 10.3. The van der Waals surface area contributed by atoms with Crippen LogP contribution in [0.2, 0.25) is 0 Å². The van der Waals surface area contributed by atoms with Crippen molar-refractivity contribution < 1.29 is 4.79 Å². The summed E-state index contributed by atoms with van der Waals surface area (Å²) < 4.78 is 0. The Kier molecular flexibility index (Phi) is 8.52. The van der Waals surface area contributed by atoms with Crippen LogP contribution in [0.5, 0.6) is 0 Å². The molecule has 1 N–H and O–H groups in total. The first kappa shape index (κ1) is 22.0.